The van der Waals surface area contributed by atoms with E-state index in [2.05, 4.69) is 23.3 Å². The number of nitrogens with zero attached hydrogens (tertiary/aromatic N) is 2. The Morgan fingerprint density at radius 1 is 1.29 bits per heavy atom. The molecule has 0 aliphatic carbocycles. The lowest BCUT2D eigenvalue weighted by Crippen LogP contribution is -1.94. The molecule has 0 saturated carbocycles. The summed E-state index contributed by atoms with van der Waals surface area (Å²) in [7, 11) is 1.58. The fraction of sp³-hybridized carbons (Fsp3) is 0.250. The summed E-state index contributed by atoms with van der Waals surface area (Å²) in [5.74, 6) is 1.15. The van der Waals surface area contributed by atoms with Gasteiger partial charge >= 0.3 is 0 Å². The van der Waals surface area contributed by atoms with E-state index in [1.54, 1.807) is 19.4 Å². The van der Waals surface area contributed by atoms with Crippen LogP contribution >= 0.6 is 0 Å². The molecule has 0 radical (unpaired) electrons. The molecule has 5 nitrogen and oxygen atoms in total. The van der Waals surface area contributed by atoms with Crippen LogP contribution in [0.2, 0.25) is 0 Å². The van der Waals surface area contributed by atoms with Crippen LogP contribution in [0.5, 0.6) is 5.88 Å². The highest BCUT2D eigenvalue weighted by atomic mass is 16.5. The van der Waals surface area contributed by atoms with Gasteiger partial charge in [0.15, 0.2) is 5.76 Å². The topological polar surface area (TPSA) is 57.4 Å². The van der Waals surface area contributed by atoms with Crippen molar-refractivity contribution < 1.29 is 14.0 Å². The summed E-state index contributed by atoms with van der Waals surface area (Å²) in [4.78, 5) is 4.28. The van der Waals surface area contributed by atoms with Gasteiger partial charge in [-0.2, -0.15) is 0 Å². The predicted molar refractivity (Wildman–Crippen MR) is 80.0 cm³/mol. The van der Waals surface area contributed by atoms with E-state index in [-0.39, 0.29) is 0 Å². The lowest BCUT2D eigenvalue weighted by atomic mass is 10.1. The van der Waals surface area contributed by atoms with Crippen LogP contribution in [0.4, 0.5) is 0 Å². The Labute approximate surface area is 123 Å². The third-order valence-corrected chi connectivity index (χ3v) is 2.80. The van der Waals surface area contributed by atoms with Crippen LogP contribution in [0.3, 0.4) is 0 Å². The van der Waals surface area contributed by atoms with Crippen LogP contribution in [0.1, 0.15) is 11.3 Å². The Bertz CT molecular complexity index is 620. The number of methoxy groups -OCH3 is 1. The maximum atomic E-state index is 5.32. The van der Waals surface area contributed by atoms with Crippen molar-refractivity contribution in [2.24, 2.45) is 0 Å². The first kappa shape index (κ1) is 15.0. The summed E-state index contributed by atoms with van der Waals surface area (Å²) in [5, 5.41) is 4.05. The molecule has 5 heteroatoms. The van der Waals surface area contributed by atoms with Gasteiger partial charge in [-0.25, -0.2) is 4.98 Å². The molecule has 0 saturated heterocycles. The van der Waals surface area contributed by atoms with Crippen LogP contribution in [0.25, 0.3) is 11.3 Å². The molecular weight excluding hydrogens is 268 g/mol. The molecule has 2 rings (SSSR count). The Morgan fingerprint density at radius 2 is 2.14 bits per heavy atom. The molecule has 0 aliphatic heterocycles. The Kier molecular flexibility index (Phi) is 5.29. The minimum atomic E-state index is 0.348. The maximum absolute atomic E-state index is 5.32. The number of ether oxygens (including phenoxy) is 2. The second-order valence-electron chi connectivity index (χ2n) is 4.38. The average molecular weight is 286 g/mol. The second kappa shape index (κ2) is 7.40. The SMILES string of the molecule is C=CCOCc1cc(-c2cc(CC=C)cnc2OC)no1. The van der Waals surface area contributed by atoms with E-state index in [4.69, 9.17) is 14.0 Å². The van der Waals surface area contributed by atoms with Crippen LogP contribution in [-0.4, -0.2) is 23.9 Å². The molecule has 110 valence electrons. The van der Waals surface area contributed by atoms with Gasteiger partial charge in [0.1, 0.15) is 12.3 Å². The van der Waals surface area contributed by atoms with Crippen molar-refractivity contribution in [1.29, 1.82) is 0 Å². The maximum Gasteiger partial charge on any atom is 0.222 e. The molecule has 0 aliphatic rings. The van der Waals surface area contributed by atoms with E-state index in [1.165, 1.54) is 0 Å². The van der Waals surface area contributed by atoms with E-state index in [0.717, 1.165) is 17.5 Å². The van der Waals surface area contributed by atoms with Crippen LogP contribution < -0.4 is 4.74 Å². The van der Waals surface area contributed by atoms with Crippen LogP contribution in [0.15, 0.2) is 48.2 Å². The number of rotatable bonds is 8. The van der Waals surface area contributed by atoms with E-state index >= 15 is 0 Å². The zero-order chi connectivity index (χ0) is 15.1. The molecule has 2 heterocycles. The van der Waals surface area contributed by atoms with E-state index in [9.17, 15) is 0 Å². The number of allylic oxidation sites excluding steroid dienone is 1. The van der Waals surface area contributed by atoms with E-state index in [0.29, 0.717) is 30.5 Å². The van der Waals surface area contributed by atoms with Gasteiger partial charge in [-0.05, 0) is 18.1 Å². The van der Waals surface area contributed by atoms with Crippen molar-refractivity contribution in [3.8, 4) is 17.1 Å². The fourth-order valence-electron chi connectivity index (χ4n) is 1.87. The van der Waals surface area contributed by atoms with Gasteiger partial charge in [-0.1, -0.05) is 17.3 Å². The van der Waals surface area contributed by atoms with Gasteiger partial charge in [-0.3, -0.25) is 0 Å². The molecule has 0 spiro atoms. The highest BCUT2D eigenvalue weighted by molar-refractivity contribution is 5.65. The summed E-state index contributed by atoms with van der Waals surface area (Å²) in [6.07, 6.45) is 6.00. The molecule has 0 unspecified atom stereocenters. The lowest BCUT2D eigenvalue weighted by Gasteiger charge is -2.06. The molecule has 0 N–H and O–H groups in total. The molecule has 0 bridgehead atoms. The van der Waals surface area contributed by atoms with Crippen molar-refractivity contribution in [2.45, 2.75) is 13.0 Å². The molecule has 2 aromatic rings. The van der Waals surface area contributed by atoms with Crippen molar-refractivity contribution in [3.63, 3.8) is 0 Å². The van der Waals surface area contributed by atoms with E-state index in [1.807, 2.05) is 18.2 Å². The Hall–Kier alpha value is -2.40. The average Bonchev–Trinajstić information content (AvgIpc) is 2.96. The summed E-state index contributed by atoms with van der Waals surface area (Å²) < 4.78 is 15.9. The number of aromatic nitrogens is 2. The van der Waals surface area contributed by atoms with Crippen molar-refractivity contribution >= 4 is 0 Å². The predicted octanol–water partition coefficient (Wildman–Crippen LogP) is 3.18. The fourth-order valence-corrected chi connectivity index (χ4v) is 1.87. The third kappa shape index (κ3) is 3.79. The zero-order valence-electron chi connectivity index (χ0n) is 12.0. The first-order chi connectivity index (χ1) is 10.3. The molecule has 0 fully saturated rings. The van der Waals surface area contributed by atoms with Crippen LogP contribution in [0, 0.1) is 0 Å². The summed E-state index contributed by atoms with van der Waals surface area (Å²) in [6.45, 7) is 8.14. The molecule has 21 heavy (non-hydrogen) atoms. The number of hydrogen-bond donors (Lipinski definition) is 0. The van der Waals surface area contributed by atoms with Gasteiger partial charge < -0.3 is 14.0 Å². The van der Waals surface area contributed by atoms with Gasteiger partial charge in [0, 0.05) is 12.3 Å². The van der Waals surface area contributed by atoms with Crippen molar-refractivity contribution in [3.05, 3.63) is 55.0 Å². The summed E-state index contributed by atoms with van der Waals surface area (Å²) >= 11 is 0. The Morgan fingerprint density at radius 3 is 2.86 bits per heavy atom. The first-order valence-electron chi connectivity index (χ1n) is 6.57. The number of pyridine rings is 1. The summed E-state index contributed by atoms with van der Waals surface area (Å²) in [5.41, 5.74) is 2.49. The molecule has 0 atom stereocenters. The van der Waals surface area contributed by atoms with Crippen molar-refractivity contribution in [1.82, 2.24) is 10.1 Å². The van der Waals surface area contributed by atoms with Gasteiger partial charge in [0.25, 0.3) is 0 Å². The first-order valence-corrected chi connectivity index (χ1v) is 6.57. The molecule has 0 amide bonds. The quantitative estimate of drug-likeness (QED) is 0.551. The largest absolute Gasteiger partial charge is 0.481 e. The van der Waals surface area contributed by atoms with E-state index < -0.39 is 0 Å². The standard InChI is InChI=1S/C16H18N2O3/c1-4-6-12-8-14(16(19-3)17-10-12)15-9-13(21-18-15)11-20-7-5-2/h4-5,8-10H,1-2,6-7,11H2,3H3. The van der Waals surface area contributed by atoms with Gasteiger partial charge in [0.05, 0.1) is 19.3 Å². The highest BCUT2D eigenvalue weighted by Crippen LogP contribution is 2.28. The monoisotopic (exact) mass is 286 g/mol. The number of hydrogen-bond acceptors (Lipinski definition) is 5. The van der Waals surface area contributed by atoms with Gasteiger partial charge in [-0.15, -0.1) is 13.2 Å². The zero-order valence-corrected chi connectivity index (χ0v) is 12.0. The minimum absolute atomic E-state index is 0.348. The van der Waals surface area contributed by atoms with Gasteiger partial charge in [0.2, 0.25) is 5.88 Å². The molecule has 0 aromatic carbocycles. The normalized spacial score (nSPS) is 10.3. The highest BCUT2D eigenvalue weighted by Gasteiger charge is 2.13. The second-order valence-corrected chi connectivity index (χ2v) is 4.38. The summed E-state index contributed by atoms with van der Waals surface area (Å²) in [6, 6.07) is 3.79. The third-order valence-electron chi connectivity index (χ3n) is 2.80. The Balaban J connectivity index is 2.25. The molecule has 2 aromatic heterocycles. The van der Waals surface area contributed by atoms with Crippen LogP contribution in [-0.2, 0) is 17.8 Å². The van der Waals surface area contributed by atoms with Crippen molar-refractivity contribution in [2.75, 3.05) is 13.7 Å². The smallest absolute Gasteiger partial charge is 0.222 e. The molecular formula is C16H18N2O3. The lowest BCUT2D eigenvalue weighted by molar-refractivity contribution is 0.125. The minimum Gasteiger partial charge on any atom is -0.481 e.